The van der Waals surface area contributed by atoms with Crippen molar-refractivity contribution in [2.75, 3.05) is 46.4 Å². The first-order valence-corrected chi connectivity index (χ1v) is 9.46. The molecule has 3 aliphatic rings. The Bertz CT molecular complexity index is 664. The van der Waals surface area contributed by atoms with E-state index >= 15 is 0 Å². The van der Waals surface area contributed by atoms with Crippen LogP contribution in [0.3, 0.4) is 0 Å². The molecule has 1 spiro atoms. The highest BCUT2D eigenvalue weighted by molar-refractivity contribution is 5.81. The lowest BCUT2D eigenvalue weighted by atomic mass is 9.90. The van der Waals surface area contributed by atoms with Gasteiger partial charge in [-0.25, -0.2) is 5.06 Å². The lowest BCUT2D eigenvalue weighted by molar-refractivity contribution is -0.224. The number of likely N-dealkylation sites (tertiary alicyclic amines) is 1. The van der Waals surface area contributed by atoms with Gasteiger partial charge in [-0.3, -0.25) is 24.1 Å². The number of amides is 1. The van der Waals surface area contributed by atoms with Crippen LogP contribution >= 0.6 is 0 Å². The van der Waals surface area contributed by atoms with Gasteiger partial charge in [0.15, 0.2) is 0 Å². The molecule has 1 aromatic rings. The fraction of sp³-hybridized carbons (Fsp3) is 0.778. The Morgan fingerprint density at radius 1 is 1.31 bits per heavy atom. The number of likely N-dealkylation sites (N-methyl/N-ethyl adjacent to an activating group) is 1. The van der Waals surface area contributed by atoms with E-state index < -0.39 is 0 Å². The normalized spacial score (nSPS) is 26.9. The van der Waals surface area contributed by atoms with Crippen molar-refractivity contribution < 1.29 is 14.4 Å². The minimum absolute atomic E-state index is 0.0311. The van der Waals surface area contributed by atoms with E-state index in [1.807, 2.05) is 25.7 Å². The molecule has 0 radical (unpaired) electrons. The monoisotopic (exact) mass is 363 g/mol. The molecular weight excluding hydrogens is 334 g/mol. The van der Waals surface area contributed by atoms with Crippen molar-refractivity contribution in [3.63, 3.8) is 0 Å². The number of nitrogens with zero attached hydrogens (tertiary/aromatic N) is 5. The van der Waals surface area contributed by atoms with Gasteiger partial charge < -0.3 is 4.74 Å². The SMILES string of the molecule is Cc1cc(CN2CC3(C2)CN(C)C(C(=O)N2CCCCO2)CO3)n(C)n1. The highest BCUT2D eigenvalue weighted by atomic mass is 16.7. The molecule has 3 aliphatic heterocycles. The van der Waals surface area contributed by atoms with Crippen LogP contribution in [0.5, 0.6) is 0 Å². The van der Waals surface area contributed by atoms with E-state index in [0.717, 1.165) is 44.7 Å². The third-order valence-electron chi connectivity index (χ3n) is 5.66. The molecule has 8 nitrogen and oxygen atoms in total. The maximum atomic E-state index is 12.7. The quantitative estimate of drug-likeness (QED) is 0.763. The fourth-order valence-electron chi connectivity index (χ4n) is 4.30. The summed E-state index contributed by atoms with van der Waals surface area (Å²) in [5.41, 5.74) is 2.12. The van der Waals surface area contributed by atoms with Crippen LogP contribution < -0.4 is 0 Å². The zero-order chi connectivity index (χ0) is 18.3. The standard InChI is InChI=1S/C18H29N5O3/c1-14-8-15(21(3)19-14)9-22-12-18(13-22)11-20(2)16(10-25-18)17(24)23-6-4-5-7-26-23/h8,16H,4-7,9-13H2,1-3H3. The highest BCUT2D eigenvalue weighted by Gasteiger charge is 2.50. The summed E-state index contributed by atoms with van der Waals surface area (Å²) in [4.78, 5) is 22.7. The third-order valence-corrected chi connectivity index (χ3v) is 5.66. The van der Waals surface area contributed by atoms with E-state index in [2.05, 4.69) is 21.0 Å². The summed E-state index contributed by atoms with van der Waals surface area (Å²) in [6.45, 7) is 7.22. The zero-order valence-corrected chi connectivity index (χ0v) is 16.0. The number of aryl methyl sites for hydroxylation is 2. The van der Waals surface area contributed by atoms with Crippen molar-refractivity contribution in [2.24, 2.45) is 7.05 Å². The minimum atomic E-state index is -0.243. The number of carbonyl (C=O) groups excluding carboxylic acids is 1. The summed E-state index contributed by atoms with van der Waals surface area (Å²) in [6.07, 6.45) is 2.03. The third kappa shape index (κ3) is 3.38. The Morgan fingerprint density at radius 3 is 2.73 bits per heavy atom. The van der Waals surface area contributed by atoms with Gasteiger partial charge in [-0.05, 0) is 32.9 Å². The zero-order valence-electron chi connectivity index (χ0n) is 16.0. The molecule has 4 heterocycles. The number of carbonyl (C=O) groups is 1. The number of hydrogen-bond acceptors (Lipinski definition) is 6. The first-order chi connectivity index (χ1) is 12.5. The van der Waals surface area contributed by atoms with Crippen LogP contribution in [0, 0.1) is 6.92 Å². The van der Waals surface area contributed by atoms with E-state index in [-0.39, 0.29) is 17.6 Å². The predicted molar refractivity (Wildman–Crippen MR) is 95.2 cm³/mol. The van der Waals surface area contributed by atoms with Crippen molar-refractivity contribution in [2.45, 2.75) is 38.0 Å². The molecule has 8 heteroatoms. The maximum Gasteiger partial charge on any atom is 0.265 e. The number of aromatic nitrogens is 2. The molecule has 4 rings (SSSR count). The Labute approximate surface area is 154 Å². The van der Waals surface area contributed by atoms with Gasteiger partial charge in [0.05, 0.1) is 24.6 Å². The van der Waals surface area contributed by atoms with Gasteiger partial charge in [-0.15, -0.1) is 0 Å². The van der Waals surface area contributed by atoms with Gasteiger partial charge in [0.2, 0.25) is 0 Å². The Hall–Kier alpha value is -1.48. The second-order valence-corrected chi connectivity index (χ2v) is 7.95. The van der Waals surface area contributed by atoms with Crippen LogP contribution in [0.15, 0.2) is 6.07 Å². The van der Waals surface area contributed by atoms with Gasteiger partial charge in [0.1, 0.15) is 11.6 Å². The second kappa shape index (κ2) is 6.92. The molecule has 1 unspecified atom stereocenters. The van der Waals surface area contributed by atoms with Gasteiger partial charge in [0.25, 0.3) is 5.91 Å². The van der Waals surface area contributed by atoms with Crippen LogP contribution in [-0.4, -0.2) is 88.6 Å². The molecule has 0 N–H and O–H groups in total. The molecule has 0 aromatic carbocycles. The first-order valence-electron chi connectivity index (χ1n) is 9.46. The van der Waals surface area contributed by atoms with E-state index in [1.165, 1.54) is 10.8 Å². The average Bonchev–Trinajstić information content (AvgIpc) is 2.91. The van der Waals surface area contributed by atoms with Gasteiger partial charge in [0, 0.05) is 39.8 Å². The molecule has 3 saturated heterocycles. The molecule has 0 saturated carbocycles. The summed E-state index contributed by atoms with van der Waals surface area (Å²) >= 11 is 0. The summed E-state index contributed by atoms with van der Waals surface area (Å²) in [6, 6.07) is 1.89. The Morgan fingerprint density at radius 2 is 2.12 bits per heavy atom. The smallest absolute Gasteiger partial charge is 0.265 e. The van der Waals surface area contributed by atoms with Crippen LogP contribution in [0.4, 0.5) is 0 Å². The van der Waals surface area contributed by atoms with Gasteiger partial charge >= 0.3 is 0 Å². The van der Waals surface area contributed by atoms with Crippen molar-refractivity contribution in [1.29, 1.82) is 0 Å². The Balaban J connectivity index is 1.30. The maximum absolute atomic E-state index is 12.7. The van der Waals surface area contributed by atoms with Crippen LogP contribution in [0.25, 0.3) is 0 Å². The largest absolute Gasteiger partial charge is 0.369 e. The summed E-state index contributed by atoms with van der Waals surface area (Å²) in [7, 11) is 4.01. The lowest BCUT2D eigenvalue weighted by Gasteiger charge is -2.55. The topological polar surface area (TPSA) is 63.1 Å². The van der Waals surface area contributed by atoms with Crippen LogP contribution in [0.1, 0.15) is 24.2 Å². The van der Waals surface area contributed by atoms with Gasteiger partial charge in [-0.1, -0.05) is 0 Å². The molecule has 0 aliphatic carbocycles. The lowest BCUT2D eigenvalue weighted by Crippen LogP contribution is -2.72. The average molecular weight is 363 g/mol. The van der Waals surface area contributed by atoms with E-state index in [0.29, 0.717) is 19.8 Å². The van der Waals surface area contributed by atoms with Crippen LogP contribution in [0.2, 0.25) is 0 Å². The fourth-order valence-corrected chi connectivity index (χ4v) is 4.30. The molecule has 0 bridgehead atoms. The Kier molecular flexibility index (Phi) is 4.77. The van der Waals surface area contributed by atoms with Crippen molar-refractivity contribution >= 4 is 5.91 Å². The molecular formula is C18H29N5O3. The highest BCUT2D eigenvalue weighted by Crippen LogP contribution is 2.32. The number of ether oxygens (including phenoxy) is 1. The van der Waals surface area contributed by atoms with E-state index in [9.17, 15) is 4.79 Å². The number of hydroxylamine groups is 2. The minimum Gasteiger partial charge on any atom is -0.369 e. The summed E-state index contributed by atoms with van der Waals surface area (Å²) < 4.78 is 8.14. The molecule has 144 valence electrons. The number of hydrogen-bond donors (Lipinski definition) is 0. The molecule has 3 fully saturated rings. The first kappa shape index (κ1) is 17.9. The molecule has 1 aromatic heterocycles. The number of rotatable bonds is 3. The molecule has 1 amide bonds. The van der Waals surface area contributed by atoms with E-state index in [1.54, 1.807) is 0 Å². The predicted octanol–water partition coefficient (Wildman–Crippen LogP) is 0.168. The van der Waals surface area contributed by atoms with Crippen LogP contribution in [-0.2, 0) is 28.0 Å². The summed E-state index contributed by atoms with van der Waals surface area (Å²) in [5, 5.41) is 5.94. The second-order valence-electron chi connectivity index (χ2n) is 7.95. The molecule has 26 heavy (non-hydrogen) atoms. The van der Waals surface area contributed by atoms with Crippen molar-refractivity contribution in [3.8, 4) is 0 Å². The summed E-state index contributed by atoms with van der Waals surface area (Å²) in [5.74, 6) is 0.0311. The van der Waals surface area contributed by atoms with Gasteiger partial charge in [-0.2, -0.15) is 5.10 Å². The number of morpholine rings is 1. The van der Waals surface area contributed by atoms with Crippen molar-refractivity contribution in [1.82, 2.24) is 24.6 Å². The van der Waals surface area contributed by atoms with E-state index in [4.69, 9.17) is 9.57 Å². The molecule has 1 atom stereocenters. The van der Waals surface area contributed by atoms with Crippen molar-refractivity contribution in [3.05, 3.63) is 17.5 Å².